The molecule has 6 nitrogen and oxygen atoms in total. The van der Waals surface area contributed by atoms with Gasteiger partial charge in [-0.2, -0.15) is 0 Å². The molecule has 0 aliphatic carbocycles. The molecule has 3 heterocycles. The van der Waals surface area contributed by atoms with E-state index in [1.54, 1.807) is 18.6 Å². The van der Waals surface area contributed by atoms with Gasteiger partial charge in [0.15, 0.2) is 5.82 Å². The van der Waals surface area contributed by atoms with E-state index in [-0.39, 0.29) is 6.04 Å². The lowest BCUT2D eigenvalue weighted by atomic mass is 10.1. The van der Waals surface area contributed by atoms with Crippen LogP contribution in [0.2, 0.25) is 0 Å². The number of anilines is 1. The summed E-state index contributed by atoms with van der Waals surface area (Å²) >= 11 is 0. The van der Waals surface area contributed by atoms with Gasteiger partial charge in [0.1, 0.15) is 11.3 Å². The Bertz CT molecular complexity index is 1340. The summed E-state index contributed by atoms with van der Waals surface area (Å²) in [4.78, 5) is 18.5. The Morgan fingerprint density at radius 2 is 1.48 bits per heavy atom. The van der Waals surface area contributed by atoms with Crippen molar-refractivity contribution in [2.45, 2.75) is 12.5 Å². The summed E-state index contributed by atoms with van der Waals surface area (Å²) in [5, 5.41) is 4.39. The van der Waals surface area contributed by atoms with E-state index in [1.165, 1.54) is 5.56 Å². The summed E-state index contributed by atoms with van der Waals surface area (Å²) in [5.74, 6) is 1.36. The Balaban J connectivity index is 1.54. The van der Waals surface area contributed by atoms with Crippen LogP contribution < -0.4 is 11.1 Å². The number of rotatable bonds is 7. The molecule has 2 aromatic carbocycles. The lowest BCUT2D eigenvalue weighted by Gasteiger charge is -2.16. The van der Waals surface area contributed by atoms with Crippen molar-refractivity contribution < 1.29 is 0 Å². The monoisotopic (exact) mass is 432 g/mol. The molecule has 0 amide bonds. The Hall–Kier alpha value is -4.16. The highest BCUT2D eigenvalue weighted by Crippen LogP contribution is 2.30. The van der Waals surface area contributed by atoms with Crippen molar-refractivity contribution in [3.63, 3.8) is 0 Å². The summed E-state index contributed by atoms with van der Waals surface area (Å²) in [6.45, 7) is 0.583. The maximum Gasteiger partial charge on any atom is 0.162 e. The number of pyridine rings is 2. The smallest absolute Gasteiger partial charge is 0.162 e. The van der Waals surface area contributed by atoms with Gasteiger partial charge in [-0.05, 0) is 30.2 Å². The molecule has 0 aliphatic heterocycles. The van der Waals surface area contributed by atoms with E-state index in [2.05, 4.69) is 27.4 Å². The van der Waals surface area contributed by atoms with Crippen molar-refractivity contribution in [2.75, 3.05) is 11.9 Å². The van der Waals surface area contributed by atoms with E-state index in [1.807, 2.05) is 66.7 Å². The molecule has 3 aromatic heterocycles. The fraction of sp³-hybridized carbons (Fsp3) is 0.111. The Morgan fingerprint density at radius 3 is 2.24 bits per heavy atom. The first-order valence-electron chi connectivity index (χ1n) is 10.9. The summed E-state index contributed by atoms with van der Waals surface area (Å²) < 4.78 is 0. The number of fused-ring (bicyclic) bond motifs is 1. The van der Waals surface area contributed by atoms with Crippen LogP contribution >= 0.6 is 0 Å². The minimum atomic E-state index is -0.0581. The predicted molar refractivity (Wildman–Crippen MR) is 133 cm³/mol. The number of nitrogens with one attached hydrogen (secondary N) is 1. The van der Waals surface area contributed by atoms with Crippen LogP contribution in [-0.2, 0) is 6.42 Å². The van der Waals surface area contributed by atoms with Crippen LogP contribution in [0, 0.1) is 0 Å². The van der Waals surface area contributed by atoms with E-state index in [0.717, 1.165) is 40.0 Å². The van der Waals surface area contributed by atoms with Crippen LogP contribution in [0.3, 0.4) is 0 Å². The number of aromatic nitrogens is 4. The molecule has 0 radical (unpaired) electrons. The Kier molecular flexibility index (Phi) is 5.99. The molecule has 3 N–H and O–H groups in total. The second kappa shape index (κ2) is 9.54. The van der Waals surface area contributed by atoms with Gasteiger partial charge in [0.2, 0.25) is 0 Å². The quantitative estimate of drug-likeness (QED) is 0.386. The summed E-state index contributed by atoms with van der Waals surface area (Å²) in [7, 11) is 0. The van der Waals surface area contributed by atoms with E-state index in [4.69, 9.17) is 15.7 Å². The van der Waals surface area contributed by atoms with Gasteiger partial charge in [-0.25, -0.2) is 9.97 Å². The van der Waals surface area contributed by atoms with Gasteiger partial charge >= 0.3 is 0 Å². The molecule has 5 rings (SSSR count). The average Bonchev–Trinajstić information content (AvgIpc) is 2.88. The SMILES string of the molecule is NC(CNc1nc(-c2ccncc2)nc2c(-c3ccccc3)nccc12)Cc1ccccc1. The molecule has 0 aliphatic rings. The number of benzene rings is 2. The summed E-state index contributed by atoms with van der Waals surface area (Å²) in [5.41, 5.74) is 11.2. The van der Waals surface area contributed by atoms with Crippen molar-refractivity contribution in [1.82, 2.24) is 19.9 Å². The lowest BCUT2D eigenvalue weighted by molar-refractivity contribution is 0.698. The second-order valence-corrected chi connectivity index (χ2v) is 7.88. The third kappa shape index (κ3) is 4.71. The third-order valence-corrected chi connectivity index (χ3v) is 5.47. The Morgan fingerprint density at radius 1 is 0.758 bits per heavy atom. The highest BCUT2D eigenvalue weighted by atomic mass is 15.0. The van der Waals surface area contributed by atoms with Gasteiger partial charge in [0.25, 0.3) is 0 Å². The molecule has 0 spiro atoms. The zero-order valence-electron chi connectivity index (χ0n) is 18.1. The van der Waals surface area contributed by atoms with Gasteiger partial charge < -0.3 is 11.1 Å². The lowest BCUT2D eigenvalue weighted by Crippen LogP contribution is -2.31. The zero-order valence-corrected chi connectivity index (χ0v) is 18.1. The molecule has 0 saturated heterocycles. The minimum Gasteiger partial charge on any atom is -0.368 e. The molecule has 0 fully saturated rings. The molecular formula is C27H24N6. The van der Waals surface area contributed by atoms with Crippen LogP contribution in [0.25, 0.3) is 33.5 Å². The van der Waals surface area contributed by atoms with Gasteiger partial charge in [-0.3, -0.25) is 9.97 Å². The standard InChI is InChI=1S/C27H24N6/c28-22(17-19-7-3-1-4-8-19)18-31-27-23-13-16-30-24(20-9-5-2-6-10-20)25(23)32-26(33-27)21-11-14-29-15-12-21/h1-16,22H,17-18,28H2,(H,31,32,33). The van der Waals surface area contributed by atoms with Gasteiger partial charge in [-0.1, -0.05) is 60.7 Å². The molecule has 1 atom stereocenters. The molecule has 162 valence electrons. The maximum absolute atomic E-state index is 6.44. The second-order valence-electron chi connectivity index (χ2n) is 7.88. The molecular weight excluding hydrogens is 408 g/mol. The predicted octanol–water partition coefficient (Wildman–Crippen LogP) is 4.74. The highest BCUT2D eigenvalue weighted by molar-refractivity contribution is 5.98. The first kappa shape index (κ1) is 20.7. The first-order valence-corrected chi connectivity index (χ1v) is 10.9. The van der Waals surface area contributed by atoms with E-state index >= 15 is 0 Å². The normalized spacial score (nSPS) is 11.9. The van der Waals surface area contributed by atoms with E-state index in [0.29, 0.717) is 12.4 Å². The highest BCUT2D eigenvalue weighted by Gasteiger charge is 2.15. The topological polar surface area (TPSA) is 89.6 Å². The van der Waals surface area contributed by atoms with Crippen molar-refractivity contribution >= 4 is 16.7 Å². The van der Waals surface area contributed by atoms with Crippen molar-refractivity contribution in [3.05, 3.63) is 103 Å². The van der Waals surface area contributed by atoms with Gasteiger partial charge in [-0.15, -0.1) is 0 Å². The summed E-state index contributed by atoms with van der Waals surface area (Å²) in [6.07, 6.45) is 6.07. The van der Waals surface area contributed by atoms with Crippen LogP contribution in [0.1, 0.15) is 5.56 Å². The largest absolute Gasteiger partial charge is 0.368 e. The number of nitrogens with two attached hydrogens (primary N) is 1. The zero-order chi connectivity index (χ0) is 22.5. The molecule has 0 saturated carbocycles. The number of hydrogen-bond donors (Lipinski definition) is 2. The van der Waals surface area contributed by atoms with E-state index in [9.17, 15) is 0 Å². The van der Waals surface area contributed by atoms with E-state index < -0.39 is 0 Å². The van der Waals surface area contributed by atoms with Crippen LogP contribution in [-0.4, -0.2) is 32.5 Å². The van der Waals surface area contributed by atoms with Crippen LogP contribution in [0.4, 0.5) is 5.82 Å². The van der Waals surface area contributed by atoms with Crippen molar-refractivity contribution in [3.8, 4) is 22.6 Å². The minimum absolute atomic E-state index is 0.0581. The first-order chi connectivity index (χ1) is 16.3. The number of nitrogens with zero attached hydrogens (tertiary/aromatic N) is 4. The maximum atomic E-state index is 6.44. The van der Waals surface area contributed by atoms with Crippen LogP contribution in [0.5, 0.6) is 0 Å². The van der Waals surface area contributed by atoms with Crippen molar-refractivity contribution in [1.29, 1.82) is 0 Å². The Labute approximate surface area is 192 Å². The van der Waals surface area contributed by atoms with Crippen LogP contribution in [0.15, 0.2) is 97.5 Å². The summed E-state index contributed by atoms with van der Waals surface area (Å²) in [6, 6.07) is 26.1. The third-order valence-electron chi connectivity index (χ3n) is 5.47. The van der Waals surface area contributed by atoms with Crippen molar-refractivity contribution in [2.24, 2.45) is 5.73 Å². The average molecular weight is 433 g/mol. The van der Waals surface area contributed by atoms with Gasteiger partial charge in [0, 0.05) is 47.7 Å². The number of hydrogen-bond acceptors (Lipinski definition) is 6. The molecule has 0 bridgehead atoms. The fourth-order valence-electron chi connectivity index (χ4n) is 3.84. The fourth-order valence-corrected chi connectivity index (χ4v) is 3.84. The molecule has 1 unspecified atom stereocenters. The molecule has 33 heavy (non-hydrogen) atoms. The van der Waals surface area contributed by atoms with Gasteiger partial charge in [0.05, 0.1) is 5.69 Å². The molecule has 5 aromatic rings. The molecule has 6 heteroatoms.